The van der Waals surface area contributed by atoms with Crippen molar-refractivity contribution in [1.82, 2.24) is 21.3 Å². The lowest BCUT2D eigenvalue weighted by molar-refractivity contribution is -0.136. The largest absolute Gasteiger partial charge is 0.464 e. The first-order valence-electron chi connectivity index (χ1n) is 6.12. The van der Waals surface area contributed by atoms with Gasteiger partial charge < -0.3 is 10.1 Å². The lowest BCUT2D eigenvalue weighted by Gasteiger charge is -2.15. The SMILES string of the molecule is COC(=O)C1=CN(CCNC(=O)c2ccccc2)NN1. The number of ether oxygens (including phenoxy) is 1. The average Bonchev–Trinajstić information content (AvgIpc) is 2.96. The molecule has 1 aromatic rings. The summed E-state index contributed by atoms with van der Waals surface area (Å²) in [6.45, 7) is 0.944. The van der Waals surface area contributed by atoms with E-state index in [0.29, 0.717) is 24.4 Å². The molecule has 1 aliphatic heterocycles. The molecule has 1 heterocycles. The Morgan fingerprint density at radius 1 is 1.30 bits per heavy atom. The van der Waals surface area contributed by atoms with Crippen molar-refractivity contribution in [1.29, 1.82) is 0 Å². The average molecular weight is 276 g/mol. The van der Waals surface area contributed by atoms with Gasteiger partial charge in [0, 0.05) is 18.3 Å². The number of nitrogens with zero attached hydrogens (tertiary/aromatic N) is 1. The van der Waals surface area contributed by atoms with Crippen molar-refractivity contribution in [3.05, 3.63) is 47.8 Å². The van der Waals surface area contributed by atoms with Crippen molar-refractivity contribution < 1.29 is 14.3 Å². The monoisotopic (exact) mass is 276 g/mol. The van der Waals surface area contributed by atoms with Gasteiger partial charge >= 0.3 is 5.97 Å². The summed E-state index contributed by atoms with van der Waals surface area (Å²) < 4.78 is 4.58. The Bertz CT molecular complexity index is 516. The molecule has 0 fully saturated rings. The maximum Gasteiger partial charge on any atom is 0.357 e. The second-order valence-electron chi connectivity index (χ2n) is 4.09. The first-order valence-corrected chi connectivity index (χ1v) is 6.12. The number of carbonyl (C=O) groups is 2. The van der Waals surface area contributed by atoms with Gasteiger partial charge in [-0.05, 0) is 12.1 Å². The van der Waals surface area contributed by atoms with Crippen LogP contribution in [0.25, 0.3) is 0 Å². The van der Waals surface area contributed by atoms with Gasteiger partial charge in [-0.15, -0.1) is 5.53 Å². The molecule has 20 heavy (non-hydrogen) atoms. The maximum absolute atomic E-state index is 11.8. The predicted octanol–water partition coefficient (Wildman–Crippen LogP) is -0.244. The number of hydrogen-bond donors (Lipinski definition) is 3. The highest BCUT2D eigenvalue weighted by atomic mass is 16.5. The number of carbonyl (C=O) groups excluding carboxylic acids is 2. The van der Waals surface area contributed by atoms with Crippen LogP contribution in [0.15, 0.2) is 42.2 Å². The number of amides is 1. The van der Waals surface area contributed by atoms with Crippen LogP contribution in [0.5, 0.6) is 0 Å². The maximum atomic E-state index is 11.8. The van der Waals surface area contributed by atoms with Crippen LogP contribution in [-0.2, 0) is 9.53 Å². The van der Waals surface area contributed by atoms with Gasteiger partial charge in [-0.25, -0.2) is 4.79 Å². The third kappa shape index (κ3) is 3.48. The van der Waals surface area contributed by atoms with Crippen LogP contribution < -0.4 is 16.3 Å². The summed E-state index contributed by atoms with van der Waals surface area (Å²) in [4.78, 5) is 23.0. The Kier molecular flexibility index (Phi) is 4.56. The van der Waals surface area contributed by atoms with E-state index in [1.165, 1.54) is 7.11 Å². The molecule has 3 N–H and O–H groups in total. The molecular weight excluding hydrogens is 260 g/mol. The number of rotatable bonds is 5. The molecule has 0 spiro atoms. The fraction of sp³-hybridized carbons (Fsp3) is 0.231. The van der Waals surface area contributed by atoms with E-state index in [1.807, 2.05) is 18.2 Å². The van der Waals surface area contributed by atoms with Crippen molar-refractivity contribution in [2.75, 3.05) is 20.2 Å². The summed E-state index contributed by atoms with van der Waals surface area (Å²) in [6.07, 6.45) is 1.58. The van der Waals surface area contributed by atoms with Crippen molar-refractivity contribution in [3.63, 3.8) is 0 Å². The van der Waals surface area contributed by atoms with Crippen molar-refractivity contribution in [2.24, 2.45) is 0 Å². The van der Waals surface area contributed by atoms with E-state index < -0.39 is 5.97 Å². The summed E-state index contributed by atoms with van der Waals surface area (Å²) in [5.74, 6) is -0.580. The highest BCUT2D eigenvalue weighted by Crippen LogP contribution is 2.01. The lowest BCUT2D eigenvalue weighted by atomic mass is 10.2. The van der Waals surface area contributed by atoms with Gasteiger partial charge in [-0.1, -0.05) is 18.2 Å². The molecule has 1 aromatic carbocycles. The smallest absolute Gasteiger partial charge is 0.357 e. The number of methoxy groups -OCH3 is 1. The van der Waals surface area contributed by atoms with Gasteiger partial charge in [-0.2, -0.15) is 0 Å². The zero-order chi connectivity index (χ0) is 14.4. The third-order valence-electron chi connectivity index (χ3n) is 2.70. The highest BCUT2D eigenvalue weighted by Gasteiger charge is 2.17. The fourth-order valence-corrected chi connectivity index (χ4v) is 1.67. The summed E-state index contributed by atoms with van der Waals surface area (Å²) in [6, 6.07) is 8.98. The number of esters is 1. The normalized spacial score (nSPS) is 13.4. The molecule has 0 aliphatic carbocycles. The molecule has 0 atom stereocenters. The van der Waals surface area contributed by atoms with Crippen LogP contribution in [0.1, 0.15) is 10.4 Å². The first-order chi connectivity index (χ1) is 9.70. The van der Waals surface area contributed by atoms with E-state index in [4.69, 9.17) is 0 Å². The van der Waals surface area contributed by atoms with E-state index in [1.54, 1.807) is 23.3 Å². The number of hydrogen-bond acceptors (Lipinski definition) is 6. The van der Waals surface area contributed by atoms with Crippen LogP contribution in [0.3, 0.4) is 0 Å². The molecule has 2 rings (SSSR count). The standard InChI is InChI=1S/C13H16N4O3/c1-20-13(19)11-9-17(16-15-11)8-7-14-12(18)10-5-3-2-4-6-10/h2-6,9,15-16H,7-8H2,1H3,(H,14,18). The van der Waals surface area contributed by atoms with Gasteiger partial charge in [0.1, 0.15) is 0 Å². The van der Waals surface area contributed by atoms with Crippen LogP contribution >= 0.6 is 0 Å². The Hall–Kier alpha value is -2.54. The molecule has 0 radical (unpaired) electrons. The van der Waals surface area contributed by atoms with Gasteiger partial charge in [-0.3, -0.25) is 15.2 Å². The molecule has 1 aliphatic rings. The lowest BCUT2D eigenvalue weighted by Crippen LogP contribution is -2.41. The Labute approximate surface area is 116 Å². The minimum Gasteiger partial charge on any atom is -0.464 e. The van der Waals surface area contributed by atoms with Crippen LogP contribution in [0, 0.1) is 0 Å². The molecule has 7 nitrogen and oxygen atoms in total. The molecule has 0 saturated heterocycles. The highest BCUT2D eigenvalue weighted by molar-refractivity contribution is 5.94. The van der Waals surface area contributed by atoms with Gasteiger partial charge in [0.05, 0.1) is 13.7 Å². The van der Waals surface area contributed by atoms with Crippen molar-refractivity contribution in [2.45, 2.75) is 0 Å². The second-order valence-corrected chi connectivity index (χ2v) is 4.09. The second kappa shape index (κ2) is 6.58. The molecule has 106 valence electrons. The molecule has 0 bridgehead atoms. The van der Waals surface area contributed by atoms with Gasteiger partial charge in [0.2, 0.25) is 0 Å². The van der Waals surface area contributed by atoms with Gasteiger partial charge in [0.15, 0.2) is 5.70 Å². The zero-order valence-corrected chi connectivity index (χ0v) is 11.1. The van der Waals surface area contributed by atoms with E-state index >= 15 is 0 Å². The van der Waals surface area contributed by atoms with Crippen molar-refractivity contribution in [3.8, 4) is 0 Å². The molecule has 0 unspecified atom stereocenters. The Balaban J connectivity index is 1.76. The molecule has 0 saturated carbocycles. The van der Waals surface area contributed by atoms with E-state index in [9.17, 15) is 9.59 Å². The van der Waals surface area contributed by atoms with Crippen molar-refractivity contribution >= 4 is 11.9 Å². The Morgan fingerprint density at radius 3 is 2.75 bits per heavy atom. The van der Waals surface area contributed by atoms with Gasteiger partial charge in [0.25, 0.3) is 5.91 Å². The first kappa shape index (κ1) is 13.9. The van der Waals surface area contributed by atoms with Crippen LogP contribution in [0.4, 0.5) is 0 Å². The molecule has 7 heteroatoms. The Morgan fingerprint density at radius 2 is 2.05 bits per heavy atom. The summed E-state index contributed by atoms with van der Waals surface area (Å²) in [7, 11) is 1.31. The summed E-state index contributed by atoms with van der Waals surface area (Å²) in [5, 5.41) is 4.44. The molecular formula is C13H16N4O3. The van der Waals surface area contributed by atoms with Crippen LogP contribution in [-0.4, -0.2) is 37.1 Å². The molecule has 0 aromatic heterocycles. The van der Waals surface area contributed by atoms with E-state index in [2.05, 4.69) is 21.0 Å². The minimum atomic E-state index is -0.451. The zero-order valence-electron chi connectivity index (χ0n) is 11.1. The van der Waals surface area contributed by atoms with Crippen LogP contribution in [0.2, 0.25) is 0 Å². The fourth-order valence-electron chi connectivity index (χ4n) is 1.67. The minimum absolute atomic E-state index is 0.130. The number of hydrazine groups is 2. The predicted molar refractivity (Wildman–Crippen MR) is 71.9 cm³/mol. The topological polar surface area (TPSA) is 82.7 Å². The molecule has 1 amide bonds. The number of benzene rings is 1. The third-order valence-corrected chi connectivity index (χ3v) is 2.70. The quantitative estimate of drug-likeness (QED) is 0.644. The summed E-state index contributed by atoms with van der Waals surface area (Å²) >= 11 is 0. The summed E-state index contributed by atoms with van der Waals surface area (Å²) in [5.41, 5.74) is 6.39. The van der Waals surface area contributed by atoms with E-state index in [0.717, 1.165) is 0 Å². The van der Waals surface area contributed by atoms with E-state index in [-0.39, 0.29) is 5.91 Å². The number of nitrogens with one attached hydrogen (secondary N) is 3.